The highest BCUT2D eigenvalue weighted by Gasteiger charge is 2.44. The lowest BCUT2D eigenvalue weighted by molar-refractivity contribution is -0.139. The topological polar surface area (TPSA) is 49.8 Å². The monoisotopic (exact) mass is 363 g/mol. The molecule has 2 aromatic carbocycles. The molecule has 2 unspecified atom stereocenters. The van der Waals surface area contributed by atoms with Gasteiger partial charge in [0.05, 0.1) is 24.8 Å². The summed E-state index contributed by atoms with van der Waals surface area (Å²) in [6.45, 7) is 0.159. The summed E-state index contributed by atoms with van der Waals surface area (Å²) in [5.41, 5.74) is 1.12. The first-order valence-electron chi connectivity index (χ1n) is 8.23. The molecule has 2 atom stereocenters. The van der Waals surface area contributed by atoms with Crippen LogP contribution >= 0.6 is 0 Å². The van der Waals surface area contributed by atoms with Crippen molar-refractivity contribution in [3.63, 3.8) is 0 Å². The molecule has 2 aliphatic heterocycles. The maximum Gasteiger partial charge on any atom is 0.416 e. The van der Waals surface area contributed by atoms with Crippen LogP contribution in [0.4, 0.5) is 18.0 Å². The molecule has 1 N–H and O–H groups in total. The summed E-state index contributed by atoms with van der Waals surface area (Å²) < 4.78 is 46.6. The van der Waals surface area contributed by atoms with Crippen LogP contribution in [-0.2, 0) is 17.5 Å². The quantitative estimate of drug-likeness (QED) is 0.820. The van der Waals surface area contributed by atoms with E-state index in [-0.39, 0.29) is 31.2 Å². The zero-order valence-corrected chi connectivity index (χ0v) is 13.7. The summed E-state index contributed by atoms with van der Waals surface area (Å²) in [6, 6.07) is 11.8. The number of hydrogen-bond donors (Lipinski definition) is 1. The van der Waals surface area contributed by atoms with Gasteiger partial charge in [-0.2, -0.15) is 13.2 Å². The van der Waals surface area contributed by atoms with Crippen molar-refractivity contribution in [1.29, 1.82) is 0 Å². The van der Waals surface area contributed by atoms with E-state index in [0.717, 1.165) is 6.07 Å². The first-order valence-corrected chi connectivity index (χ1v) is 8.23. The number of carboxylic acid groups (broad SMARTS) is 1. The lowest BCUT2D eigenvalue weighted by Gasteiger charge is -2.30. The molecule has 26 heavy (non-hydrogen) atoms. The van der Waals surface area contributed by atoms with Crippen LogP contribution in [0.5, 0.6) is 0 Å². The molecule has 1 amide bonds. The van der Waals surface area contributed by atoms with Gasteiger partial charge in [0.2, 0.25) is 0 Å². The Morgan fingerprint density at radius 2 is 1.85 bits per heavy atom. The zero-order chi connectivity index (χ0) is 18.5. The Labute approximate surface area is 147 Å². The van der Waals surface area contributed by atoms with E-state index in [1.807, 2.05) is 0 Å². The van der Waals surface area contributed by atoms with Gasteiger partial charge in [0, 0.05) is 12.5 Å². The van der Waals surface area contributed by atoms with Gasteiger partial charge in [-0.15, -0.1) is 0 Å². The smallest absolute Gasteiger partial charge is 0.416 e. The number of halogens is 3. The van der Waals surface area contributed by atoms with Crippen molar-refractivity contribution in [2.75, 3.05) is 13.1 Å². The molecule has 2 heterocycles. The van der Waals surface area contributed by atoms with E-state index >= 15 is 0 Å². The number of hydrogen-bond acceptors (Lipinski definition) is 2. The summed E-state index contributed by atoms with van der Waals surface area (Å²) in [4.78, 5) is 12.5. The van der Waals surface area contributed by atoms with E-state index in [4.69, 9.17) is 4.74 Å². The van der Waals surface area contributed by atoms with E-state index in [1.54, 1.807) is 36.4 Å². The number of carbonyl (C=O) groups is 1. The van der Waals surface area contributed by atoms with Gasteiger partial charge in [0.15, 0.2) is 0 Å². The van der Waals surface area contributed by atoms with Gasteiger partial charge in [-0.3, -0.25) is 0 Å². The molecule has 4 rings (SSSR count). The van der Waals surface area contributed by atoms with Gasteiger partial charge in [-0.05, 0) is 28.3 Å². The van der Waals surface area contributed by atoms with Gasteiger partial charge in [-0.25, -0.2) is 4.79 Å². The van der Waals surface area contributed by atoms with E-state index in [0.29, 0.717) is 16.7 Å². The predicted molar refractivity (Wildman–Crippen MR) is 87.8 cm³/mol. The molecule has 0 spiro atoms. The van der Waals surface area contributed by atoms with E-state index in [9.17, 15) is 23.1 Å². The van der Waals surface area contributed by atoms with Crippen LogP contribution < -0.4 is 0 Å². The Morgan fingerprint density at radius 1 is 1.12 bits per heavy atom. The lowest BCUT2D eigenvalue weighted by Crippen LogP contribution is -2.30. The summed E-state index contributed by atoms with van der Waals surface area (Å²) in [5, 5.41) is 9.22. The van der Waals surface area contributed by atoms with Crippen molar-refractivity contribution in [1.82, 2.24) is 4.90 Å². The molecular formula is C19H16F3NO3. The van der Waals surface area contributed by atoms with Crippen molar-refractivity contribution in [3.8, 4) is 11.1 Å². The number of rotatable bonds is 1. The second kappa shape index (κ2) is 6.02. The molecule has 0 bridgehead atoms. The number of likely N-dealkylation sites (tertiary alicyclic amines) is 1. The maximum atomic E-state index is 13.7. The fourth-order valence-corrected chi connectivity index (χ4v) is 3.82. The van der Waals surface area contributed by atoms with E-state index in [2.05, 4.69) is 0 Å². The third-order valence-corrected chi connectivity index (χ3v) is 5.07. The summed E-state index contributed by atoms with van der Waals surface area (Å²) in [5.74, 6) is -0.389. The van der Waals surface area contributed by atoms with Gasteiger partial charge in [0.1, 0.15) is 0 Å². The van der Waals surface area contributed by atoms with Gasteiger partial charge in [0.25, 0.3) is 0 Å². The minimum absolute atomic E-state index is 0.116. The summed E-state index contributed by atoms with van der Waals surface area (Å²) in [7, 11) is 0. The predicted octanol–water partition coefficient (Wildman–Crippen LogP) is 4.35. The fourth-order valence-electron chi connectivity index (χ4n) is 3.82. The highest BCUT2D eigenvalue weighted by Crippen LogP contribution is 2.44. The van der Waals surface area contributed by atoms with Crippen molar-refractivity contribution in [2.24, 2.45) is 0 Å². The van der Waals surface area contributed by atoms with Crippen molar-refractivity contribution in [3.05, 3.63) is 59.2 Å². The molecule has 1 saturated heterocycles. The average Bonchev–Trinajstić information content (AvgIpc) is 3.06. The molecule has 136 valence electrons. The van der Waals surface area contributed by atoms with Crippen LogP contribution in [0.2, 0.25) is 0 Å². The van der Waals surface area contributed by atoms with Crippen molar-refractivity contribution < 1.29 is 27.8 Å². The van der Waals surface area contributed by atoms with Crippen molar-refractivity contribution in [2.45, 2.75) is 24.8 Å². The number of nitrogens with zero attached hydrogens (tertiary/aromatic N) is 1. The number of alkyl halides is 3. The molecular weight excluding hydrogens is 347 g/mol. The van der Waals surface area contributed by atoms with Crippen LogP contribution in [0.3, 0.4) is 0 Å². The normalized spacial score (nSPS) is 22.0. The largest absolute Gasteiger partial charge is 0.465 e. The van der Waals surface area contributed by atoms with Crippen LogP contribution in [-0.4, -0.2) is 35.3 Å². The second-order valence-electron chi connectivity index (χ2n) is 6.60. The van der Waals surface area contributed by atoms with Gasteiger partial charge >= 0.3 is 12.3 Å². The number of fused-ring (bicyclic) bond motifs is 3. The minimum atomic E-state index is -4.50. The number of ether oxygens (including phenoxy) is 1. The highest BCUT2D eigenvalue weighted by molar-refractivity contribution is 5.69. The maximum absolute atomic E-state index is 13.7. The lowest BCUT2D eigenvalue weighted by atomic mass is 9.84. The molecule has 0 saturated carbocycles. The Hall–Kier alpha value is -2.54. The van der Waals surface area contributed by atoms with E-state index < -0.39 is 23.9 Å². The first-order chi connectivity index (χ1) is 12.3. The minimum Gasteiger partial charge on any atom is -0.465 e. The highest BCUT2D eigenvalue weighted by atomic mass is 19.4. The molecule has 0 aromatic heterocycles. The Kier molecular flexibility index (Phi) is 3.91. The van der Waals surface area contributed by atoms with Crippen LogP contribution in [0.15, 0.2) is 42.5 Å². The Bertz CT molecular complexity index is 851. The summed E-state index contributed by atoms with van der Waals surface area (Å²) in [6.07, 6.45) is -6.00. The molecule has 7 heteroatoms. The first kappa shape index (κ1) is 16.9. The Morgan fingerprint density at radius 3 is 2.50 bits per heavy atom. The Balaban J connectivity index is 1.86. The second-order valence-corrected chi connectivity index (χ2v) is 6.60. The van der Waals surface area contributed by atoms with Gasteiger partial charge in [-0.1, -0.05) is 36.4 Å². The van der Waals surface area contributed by atoms with Crippen LogP contribution in [0.1, 0.15) is 22.6 Å². The third-order valence-electron chi connectivity index (χ3n) is 5.07. The molecule has 1 fully saturated rings. The summed E-state index contributed by atoms with van der Waals surface area (Å²) >= 11 is 0. The zero-order valence-electron chi connectivity index (χ0n) is 13.7. The standard InChI is InChI=1S/C19H16F3NO3/c20-19(21,22)16-7-12(11-4-2-1-3-5-11)6-13-14-8-23(18(24)25)9-17(14)26-10-15(13)16/h1-7,14,17H,8-10H2,(H,24,25). The molecule has 2 aromatic rings. The SMILES string of the molecule is O=C(O)N1CC2OCc3c(cc(-c4ccccc4)cc3C(F)(F)F)C2C1. The molecule has 2 aliphatic rings. The number of benzene rings is 2. The van der Waals surface area contributed by atoms with Crippen LogP contribution in [0.25, 0.3) is 11.1 Å². The number of amides is 1. The van der Waals surface area contributed by atoms with Crippen LogP contribution in [0, 0.1) is 0 Å². The van der Waals surface area contributed by atoms with Gasteiger partial charge < -0.3 is 14.7 Å². The molecule has 0 radical (unpaired) electrons. The fraction of sp³-hybridized carbons (Fsp3) is 0.316. The van der Waals surface area contributed by atoms with Crippen molar-refractivity contribution >= 4 is 6.09 Å². The third kappa shape index (κ3) is 2.82. The van der Waals surface area contributed by atoms with E-state index in [1.165, 1.54) is 4.90 Å². The average molecular weight is 363 g/mol. The molecule has 4 nitrogen and oxygen atoms in total. The molecule has 0 aliphatic carbocycles.